The molecule has 1 fully saturated rings. The van der Waals surface area contributed by atoms with Crippen LogP contribution in [0.3, 0.4) is 0 Å². The van der Waals surface area contributed by atoms with E-state index < -0.39 is 0 Å². The van der Waals surface area contributed by atoms with Gasteiger partial charge < -0.3 is 19.9 Å². The zero-order chi connectivity index (χ0) is 14.4. The summed E-state index contributed by atoms with van der Waals surface area (Å²) in [4.78, 5) is 0. The summed E-state index contributed by atoms with van der Waals surface area (Å²) in [5.41, 5.74) is 7.13. The van der Waals surface area contributed by atoms with Crippen molar-refractivity contribution in [2.45, 2.75) is 32.0 Å². The number of nitrogens with one attached hydrogen (secondary N) is 1. The minimum Gasteiger partial charge on any atom is -0.496 e. The molecule has 0 saturated carbocycles. The number of amidine groups is 1. The van der Waals surface area contributed by atoms with Gasteiger partial charge >= 0.3 is 0 Å². The molecule has 0 bridgehead atoms. The summed E-state index contributed by atoms with van der Waals surface area (Å²) >= 11 is 0. The average molecular weight is 278 g/mol. The van der Waals surface area contributed by atoms with Gasteiger partial charge in [-0.15, -0.1) is 0 Å². The quantitative estimate of drug-likeness (QED) is 0.617. The Morgan fingerprint density at radius 2 is 2.30 bits per heavy atom. The molecule has 0 aliphatic carbocycles. The fourth-order valence-electron chi connectivity index (χ4n) is 2.30. The molecule has 3 N–H and O–H groups in total. The lowest BCUT2D eigenvalue weighted by atomic mass is 10.1. The van der Waals surface area contributed by atoms with E-state index in [1.54, 1.807) is 7.11 Å². The van der Waals surface area contributed by atoms with Crippen LogP contribution in [-0.2, 0) is 16.1 Å². The predicted octanol–water partition coefficient (Wildman–Crippen LogP) is 2.06. The normalized spacial score (nSPS) is 18.8. The molecule has 0 aromatic heterocycles. The molecule has 0 amide bonds. The summed E-state index contributed by atoms with van der Waals surface area (Å²) < 4.78 is 16.5. The first-order valence-electron chi connectivity index (χ1n) is 6.91. The maximum Gasteiger partial charge on any atom is 0.129 e. The molecule has 1 heterocycles. The molecular formula is C15H22N2O3. The molecule has 1 atom stereocenters. The molecule has 1 aromatic carbocycles. The highest BCUT2D eigenvalue weighted by Gasteiger charge is 2.14. The highest BCUT2D eigenvalue weighted by atomic mass is 16.5. The zero-order valence-electron chi connectivity index (χ0n) is 11.9. The van der Waals surface area contributed by atoms with Gasteiger partial charge in [0.25, 0.3) is 0 Å². The van der Waals surface area contributed by atoms with Gasteiger partial charge in [-0.2, -0.15) is 0 Å². The number of benzene rings is 1. The van der Waals surface area contributed by atoms with Crippen LogP contribution < -0.4 is 10.5 Å². The van der Waals surface area contributed by atoms with Crippen molar-refractivity contribution in [1.29, 1.82) is 5.41 Å². The van der Waals surface area contributed by atoms with Crippen LogP contribution in [0.4, 0.5) is 0 Å². The van der Waals surface area contributed by atoms with Crippen molar-refractivity contribution >= 4 is 5.84 Å². The number of rotatable bonds is 6. The standard InChI is InChI=1S/C15H22N2O3/c1-18-14-6-5-11(8-13(14)15(16)17)9-19-10-12-4-2-3-7-20-12/h5-6,8,12H,2-4,7,9-10H2,1H3,(H3,16,17). The number of ether oxygens (including phenoxy) is 3. The van der Waals surface area contributed by atoms with E-state index in [9.17, 15) is 0 Å². The molecule has 0 radical (unpaired) electrons. The fourth-order valence-corrected chi connectivity index (χ4v) is 2.30. The molecule has 1 saturated heterocycles. The van der Waals surface area contributed by atoms with Crippen LogP contribution >= 0.6 is 0 Å². The van der Waals surface area contributed by atoms with E-state index in [0.717, 1.165) is 25.0 Å². The molecule has 5 heteroatoms. The Hall–Kier alpha value is -1.59. The lowest BCUT2D eigenvalue weighted by Crippen LogP contribution is -2.24. The molecule has 2 rings (SSSR count). The van der Waals surface area contributed by atoms with Crippen LogP contribution in [0.5, 0.6) is 5.75 Å². The van der Waals surface area contributed by atoms with E-state index in [1.807, 2.05) is 18.2 Å². The van der Waals surface area contributed by atoms with Gasteiger partial charge in [0.1, 0.15) is 11.6 Å². The van der Waals surface area contributed by atoms with Crippen molar-refractivity contribution in [3.63, 3.8) is 0 Å². The van der Waals surface area contributed by atoms with Gasteiger partial charge in [-0.3, -0.25) is 5.41 Å². The summed E-state index contributed by atoms with van der Waals surface area (Å²) in [6, 6.07) is 5.57. The first-order chi connectivity index (χ1) is 9.70. The molecule has 5 nitrogen and oxygen atoms in total. The van der Waals surface area contributed by atoms with Gasteiger partial charge in [0.15, 0.2) is 0 Å². The van der Waals surface area contributed by atoms with Crippen LogP contribution in [0, 0.1) is 5.41 Å². The van der Waals surface area contributed by atoms with Crippen molar-refractivity contribution < 1.29 is 14.2 Å². The van der Waals surface area contributed by atoms with Gasteiger partial charge in [0.05, 0.1) is 32.0 Å². The number of nitrogens with two attached hydrogens (primary N) is 1. The van der Waals surface area contributed by atoms with E-state index in [0.29, 0.717) is 24.5 Å². The lowest BCUT2D eigenvalue weighted by molar-refractivity contribution is -0.0447. The van der Waals surface area contributed by atoms with E-state index in [1.165, 1.54) is 6.42 Å². The van der Waals surface area contributed by atoms with Gasteiger partial charge in [-0.25, -0.2) is 0 Å². The van der Waals surface area contributed by atoms with Crippen molar-refractivity contribution in [1.82, 2.24) is 0 Å². The van der Waals surface area contributed by atoms with Crippen molar-refractivity contribution in [2.24, 2.45) is 5.73 Å². The molecule has 1 unspecified atom stereocenters. The Kier molecular flexibility index (Phi) is 5.38. The van der Waals surface area contributed by atoms with Crippen LogP contribution in [0.2, 0.25) is 0 Å². The van der Waals surface area contributed by atoms with Crippen molar-refractivity contribution in [2.75, 3.05) is 20.3 Å². The monoisotopic (exact) mass is 278 g/mol. The van der Waals surface area contributed by atoms with Gasteiger partial charge in [-0.1, -0.05) is 6.07 Å². The first kappa shape index (κ1) is 14.8. The summed E-state index contributed by atoms with van der Waals surface area (Å²) in [5.74, 6) is 0.608. The van der Waals surface area contributed by atoms with Gasteiger partial charge in [0, 0.05) is 6.61 Å². The number of nitrogen functional groups attached to an aromatic ring is 1. The minimum atomic E-state index is -0.000635. The van der Waals surface area contributed by atoms with E-state index in [-0.39, 0.29) is 11.9 Å². The fraction of sp³-hybridized carbons (Fsp3) is 0.533. The second kappa shape index (κ2) is 7.26. The maximum atomic E-state index is 7.55. The Balaban J connectivity index is 1.89. The topological polar surface area (TPSA) is 77.6 Å². The van der Waals surface area contributed by atoms with Crippen molar-refractivity contribution in [3.8, 4) is 5.75 Å². The third-order valence-corrected chi connectivity index (χ3v) is 3.40. The minimum absolute atomic E-state index is 0.000635. The Bertz CT molecular complexity index is 456. The zero-order valence-corrected chi connectivity index (χ0v) is 11.9. The summed E-state index contributed by atoms with van der Waals surface area (Å²) in [6.07, 6.45) is 3.65. The summed E-state index contributed by atoms with van der Waals surface area (Å²) in [5, 5.41) is 7.55. The molecule has 1 aromatic rings. The summed E-state index contributed by atoms with van der Waals surface area (Å²) in [6.45, 7) is 1.94. The molecule has 1 aliphatic heterocycles. The van der Waals surface area contributed by atoms with E-state index >= 15 is 0 Å². The number of hydrogen-bond acceptors (Lipinski definition) is 4. The Morgan fingerprint density at radius 3 is 2.95 bits per heavy atom. The Labute approximate surface area is 119 Å². The molecular weight excluding hydrogens is 256 g/mol. The highest BCUT2D eigenvalue weighted by molar-refractivity contribution is 5.97. The van der Waals surface area contributed by atoms with Crippen LogP contribution in [0.25, 0.3) is 0 Å². The van der Waals surface area contributed by atoms with Crippen LogP contribution in [0.15, 0.2) is 18.2 Å². The van der Waals surface area contributed by atoms with E-state index in [4.69, 9.17) is 25.4 Å². The SMILES string of the molecule is COc1ccc(COCC2CCCCO2)cc1C(=N)N. The van der Waals surface area contributed by atoms with Crippen LogP contribution in [-0.4, -0.2) is 32.3 Å². The maximum absolute atomic E-state index is 7.55. The largest absolute Gasteiger partial charge is 0.496 e. The molecule has 20 heavy (non-hydrogen) atoms. The third kappa shape index (κ3) is 3.95. The highest BCUT2D eigenvalue weighted by Crippen LogP contribution is 2.20. The third-order valence-electron chi connectivity index (χ3n) is 3.40. The smallest absolute Gasteiger partial charge is 0.129 e. The van der Waals surface area contributed by atoms with Gasteiger partial charge in [-0.05, 0) is 37.0 Å². The lowest BCUT2D eigenvalue weighted by Gasteiger charge is -2.22. The Morgan fingerprint density at radius 1 is 1.45 bits per heavy atom. The predicted molar refractivity (Wildman–Crippen MR) is 77.3 cm³/mol. The number of methoxy groups -OCH3 is 1. The van der Waals surface area contributed by atoms with E-state index in [2.05, 4.69) is 0 Å². The molecule has 110 valence electrons. The second-order valence-electron chi connectivity index (χ2n) is 4.95. The summed E-state index contributed by atoms with van der Waals surface area (Å²) in [7, 11) is 1.57. The average Bonchev–Trinajstić information content (AvgIpc) is 2.48. The second-order valence-corrected chi connectivity index (χ2v) is 4.95. The molecule has 0 spiro atoms. The van der Waals surface area contributed by atoms with Crippen LogP contribution in [0.1, 0.15) is 30.4 Å². The first-order valence-corrected chi connectivity index (χ1v) is 6.91. The van der Waals surface area contributed by atoms with Gasteiger partial charge in [0.2, 0.25) is 0 Å². The van der Waals surface area contributed by atoms with Crippen molar-refractivity contribution in [3.05, 3.63) is 29.3 Å². The molecule has 1 aliphatic rings. The number of hydrogen-bond donors (Lipinski definition) is 2.